The third kappa shape index (κ3) is 3.71. The summed E-state index contributed by atoms with van der Waals surface area (Å²) >= 11 is 5.87. The summed E-state index contributed by atoms with van der Waals surface area (Å²) in [6.07, 6.45) is 1.59. The van der Waals surface area contributed by atoms with Crippen molar-refractivity contribution in [1.82, 2.24) is 4.57 Å². The Labute approximate surface area is 137 Å². The number of halogens is 2. The van der Waals surface area contributed by atoms with E-state index < -0.39 is 17.7 Å². The van der Waals surface area contributed by atoms with E-state index in [1.165, 1.54) is 12.1 Å². The predicted molar refractivity (Wildman–Crippen MR) is 85.5 cm³/mol. The molecule has 0 unspecified atom stereocenters. The van der Waals surface area contributed by atoms with Crippen LogP contribution < -0.4 is 5.32 Å². The fourth-order valence-corrected chi connectivity index (χ4v) is 2.66. The van der Waals surface area contributed by atoms with Crippen molar-refractivity contribution in [1.29, 1.82) is 0 Å². The van der Waals surface area contributed by atoms with Gasteiger partial charge in [0.2, 0.25) is 5.91 Å². The molecule has 2 rings (SSSR count). The molecule has 1 aromatic heterocycles. The number of nitrogens with zero attached hydrogens (tertiary/aromatic N) is 1. The van der Waals surface area contributed by atoms with E-state index in [0.717, 1.165) is 6.07 Å². The Hall–Kier alpha value is -2.34. The van der Waals surface area contributed by atoms with Crippen molar-refractivity contribution in [2.45, 2.75) is 26.8 Å². The predicted octanol–water partition coefficient (Wildman–Crippen LogP) is 3.49. The summed E-state index contributed by atoms with van der Waals surface area (Å²) in [4.78, 5) is 23.6. The minimum absolute atomic E-state index is 0.0823. The molecule has 122 valence electrons. The molecule has 0 bridgehead atoms. The van der Waals surface area contributed by atoms with Gasteiger partial charge in [0.15, 0.2) is 0 Å². The van der Waals surface area contributed by atoms with E-state index >= 15 is 0 Å². The highest BCUT2D eigenvalue weighted by Gasteiger charge is 2.21. The number of carbonyl (C=O) groups is 2. The first-order chi connectivity index (χ1) is 10.8. The van der Waals surface area contributed by atoms with Gasteiger partial charge in [0.05, 0.1) is 22.7 Å². The Morgan fingerprint density at radius 2 is 2.09 bits per heavy atom. The van der Waals surface area contributed by atoms with Crippen molar-refractivity contribution in [3.05, 3.63) is 52.1 Å². The van der Waals surface area contributed by atoms with E-state index in [2.05, 4.69) is 5.32 Å². The van der Waals surface area contributed by atoms with E-state index in [-0.39, 0.29) is 22.7 Å². The van der Waals surface area contributed by atoms with E-state index in [4.69, 9.17) is 11.6 Å². The van der Waals surface area contributed by atoms with E-state index in [9.17, 15) is 19.1 Å². The molecule has 0 fully saturated rings. The third-order valence-corrected chi connectivity index (χ3v) is 3.78. The second kappa shape index (κ2) is 6.83. The van der Waals surface area contributed by atoms with Gasteiger partial charge in [-0.05, 0) is 37.6 Å². The number of nitrogens with one attached hydrogen (secondary N) is 1. The molecule has 1 heterocycles. The van der Waals surface area contributed by atoms with Crippen LogP contribution in [0.1, 0.15) is 28.5 Å². The lowest BCUT2D eigenvalue weighted by Gasteiger charge is -2.10. The maximum Gasteiger partial charge on any atom is 0.337 e. The number of anilines is 1. The molecule has 23 heavy (non-hydrogen) atoms. The Balaban J connectivity index is 2.25. The molecule has 0 aliphatic heterocycles. The van der Waals surface area contributed by atoms with Gasteiger partial charge in [-0.15, -0.1) is 0 Å². The van der Waals surface area contributed by atoms with Gasteiger partial charge in [-0.2, -0.15) is 0 Å². The lowest BCUT2D eigenvalue weighted by molar-refractivity contribution is -0.115. The van der Waals surface area contributed by atoms with Gasteiger partial charge in [0.1, 0.15) is 5.82 Å². The van der Waals surface area contributed by atoms with Crippen molar-refractivity contribution in [2.75, 3.05) is 5.32 Å². The van der Waals surface area contributed by atoms with E-state index in [1.54, 1.807) is 17.7 Å². The normalized spacial score (nSPS) is 10.6. The molecule has 5 nitrogen and oxygen atoms in total. The molecule has 0 saturated heterocycles. The maximum atomic E-state index is 13.0. The Kier molecular flexibility index (Phi) is 5.05. The SMILES string of the molecule is CCn1cc(C)c(C(=O)O)c1CC(=O)Nc1ccc(F)cc1Cl. The largest absolute Gasteiger partial charge is 0.478 e. The highest BCUT2D eigenvalue weighted by molar-refractivity contribution is 6.33. The van der Waals surface area contributed by atoms with Crippen molar-refractivity contribution in [3.8, 4) is 0 Å². The van der Waals surface area contributed by atoms with E-state index in [0.29, 0.717) is 17.8 Å². The summed E-state index contributed by atoms with van der Waals surface area (Å²) in [6, 6.07) is 3.64. The lowest BCUT2D eigenvalue weighted by Crippen LogP contribution is -2.19. The zero-order chi connectivity index (χ0) is 17.1. The van der Waals surface area contributed by atoms with Crippen LogP contribution in [0.3, 0.4) is 0 Å². The third-order valence-electron chi connectivity index (χ3n) is 3.47. The van der Waals surface area contributed by atoms with Crippen molar-refractivity contribution in [2.24, 2.45) is 0 Å². The lowest BCUT2D eigenvalue weighted by atomic mass is 10.1. The minimum atomic E-state index is -1.07. The Bertz CT molecular complexity index is 771. The number of benzene rings is 1. The van der Waals surface area contributed by atoms with Crippen LogP contribution in [-0.2, 0) is 17.8 Å². The number of aromatic carboxylic acids is 1. The van der Waals surface area contributed by atoms with Gasteiger partial charge in [-0.1, -0.05) is 11.6 Å². The molecule has 2 N–H and O–H groups in total. The first kappa shape index (κ1) is 17.0. The smallest absolute Gasteiger partial charge is 0.337 e. The number of rotatable bonds is 5. The van der Waals surface area contributed by atoms with Crippen molar-refractivity contribution < 1.29 is 19.1 Å². The molecule has 1 aromatic carbocycles. The number of hydrogen-bond donors (Lipinski definition) is 2. The molecule has 0 radical (unpaired) electrons. The number of carboxylic acid groups (broad SMARTS) is 1. The first-order valence-corrected chi connectivity index (χ1v) is 7.38. The fourth-order valence-electron chi connectivity index (χ4n) is 2.45. The minimum Gasteiger partial charge on any atom is -0.478 e. The number of hydrogen-bond acceptors (Lipinski definition) is 2. The van der Waals surface area contributed by atoms with Crippen LogP contribution in [0, 0.1) is 12.7 Å². The number of carbonyl (C=O) groups excluding carboxylic acids is 1. The van der Waals surface area contributed by atoms with Crippen LogP contribution in [-0.4, -0.2) is 21.6 Å². The molecule has 0 aliphatic carbocycles. The summed E-state index contributed by atoms with van der Waals surface area (Å²) in [6.45, 7) is 4.10. The van der Waals surface area contributed by atoms with Gasteiger partial charge in [0, 0.05) is 18.4 Å². The quantitative estimate of drug-likeness (QED) is 0.876. The van der Waals surface area contributed by atoms with Crippen LogP contribution in [0.4, 0.5) is 10.1 Å². The maximum absolute atomic E-state index is 13.0. The van der Waals surface area contributed by atoms with Crippen LogP contribution in [0.25, 0.3) is 0 Å². The van der Waals surface area contributed by atoms with Crippen molar-refractivity contribution in [3.63, 3.8) is 0 Å². The molecule has 0 aliphatic rings. The average molecular weight is 339 g/mol. The molecular formula is C16H16ClFN2O3. The zero-order valence-corrected chi connectivity index (χ0v) is 13.4. The van der Waals surface area contributed by atoms with Crippen LogP contribution in [0.2, 0.25) is 5.02 Å². The first-order valence-electron chi connectivity index (χ1n) is 7.00. The summed E-state index contributed by atoms with van der Waals surface area (Å²) in [5.41, 5.74) is 1.43. The highest BCUT2D eigenvalue weighted by Crippen LogP contribution is 2.23. The number of carboxylic acids is 1. The summed E-state index contributed by atoms with van der Waals surface area (Å²) in [5.74, 6) is -2.00. The summed E-state index contributed by atoms with van der Waals surface area (Å²) in [5, 5.41) is 12.0. The Morgan fingerprint density at radius 3 is 2.65 bits per heavy atom. The van der Waals surface area contributed by atoms with Gasteiger partial charge < -0.3 is 15.0 Å². The van der Waals surface area contributed by atoms with Crippen LogP contribution in [0.5, 0.6) is 0 Å². The molecule has 0 saturated carbocycles. The number of aromatic nitrogens is 1. The molecule has 2 aromatic rings. The van der Waals surface area contributed by atoms with Crippen LogP contribution >= 0.6 is 11.6 Å². The number of aryl methyl sites for hydroxylation is 2. The summed E-state index contributed by atoms with van der Waals surface area (Å²) < 4.78 is 14.7. The zero-order valence-electron chi connectivity index (χ0n) is 12.7. The summed E-state index contributed by atoms with van der Waals surface area (Å²) in [7, 11) is 0. The second-order valence-corrected chi connectivity index (χ2v) is 5.48. The molecule has 0 spiro atoms. The average Bonchev–Trinajstić information content (AvgIpc) is 2.77. The molecule has 1 amide bonds. The monoisotopic (exact) mass is 338 g/mol. The Morgan fingerprint density at radius 1 is 1.39 bits per heavy atom. The van der Waals surface area contributed by atoms with Gasteiger partial charge in [-0.3, -0.25) is 4.79 Å². The highest BCUT2D eigenvalue weighted by atomic mass is 35.5. The second-order valence-electron chi connectivity index (χ2n) is 5.07. The molecule has 0 atom stereocenters. The van der Waals surface area contributed by atoms with E-state index in [1.807, 2.05) is 6.92 Å². The van der Waals surface area contributed by atoms with Crippen molar-refractivity contribution >= 4 is 29.2 Å². The molecule has 7 heteroatoms. The fraction of sp³-hybridized carbons (Fsp3) is 0.250. The standard InChI is InChI=1S/C16H16ClFN2O3/c1-3-20-8-9(2)15(16(22)23)13(20)7-14(21)19-12-5-4-10(18)6-11(12)17/h4-6,8H,3,7H2,1-2H3,(H,19,21)(H,22,23). The van der Waals surface area contributed by atoms with Crippen LogP contribution in [0.15, 0.2) is 24.4 Å². The van der Waals surface area contributed by atoms with Gasteiger partial charge >= 0.3 is 5.97 Å². The van der Waals surface area contributed by atoms with Gasteiger partial charge in [-0.25, -0.2) is 9.18 Å². The molecular weight excluding hydrogens is 323 g/mol. The van der Waals surface area contributed by atoms with Gasteiger partial charge in [0.25, 0.3) is 0 Å². The number of amides is 1. The topological polar surface area (TPSA) is 71.3 Å².